The molecule has 0 radical (unpaired) electrons. The fourth-order valence-corrected chi connectivity index (χ4v) is 3.37. The minimum Gasteiger partial charge on any atom is -0.439 e. The lowest BCUT2D eigenvalue weighted by Gasteiger charge is -2.15. The first kappa shape index (κ1) is 19.1. The van der Waals surface area contributed by atoms with Crippen LogP contribution >= 0.6 is 15.9 Å². The van der Waals surface area contributed by atoms with Crippen LogP contribution in [0.25, 0.3) is 0 Å². The van der Waals surface area contributed by atoms with Crippen LogP contribution < -0.4 is 10.1 Å². The lowest BCUT2D eigenvalue weighted by atomic mass is 10.1. The van der Waals surface area contributed by atoms with E-state index in [0.29, 0.717) is 17.2 Å². The summed E-state index contributed by atoms with van der Waals surface area (Å²) < 4.78 is 8.44. The van der Waals surface area contributed by atoms with E-state index >= 15 is 0 Å². The van der Waals surface area contributed by atoms with Crippen LogP contribution in [0.4, 0.5) is 0 Å². The van der Waals surface area contributed by atoms with E-state index in [1.54, 1.807) is 12.1 Å². The monoisotopic (exact) mass is 428 g/mol. The first-order valence-electron chi connectivity index (χ1n) is 8.55. The van der Waals surface area contributed by atoms with Crippen molar-refractivity contribution in [2.75, 3.05) is 0 Å². The van der Waals surface area contributed by atoms with Crippen molar-refractivity contribution < 1.29 is 9.53 Å². The average molecular weight is 429 g/mol. The summed E-state index contributed by atoms with van der Waals surface area (Å²) in [7, 11) is 1.90. The summed E-state index contributed by atoms with van der Waals surface area (Å²) in [4.78, 5) is 16.8. The molecule has 0 spiro atoms. The van der Waals surface area contributed by atoms with Crippen LogP contribution in [0.3, 0.4) is 0 Å². The largest absolute Gasteiger partial charge is 0.439 e. The third-order valence-corrected chi connectivity index (χ3v) is 4.86. The highest BCUT2D eigenvalue weighted by Gasteiger charge is 2.19. The summed E-state index contributed by atoms with van der Waals surface area (Å²) in [6.45, 7) is 5.89. The lowest BCUT2D eigenvalue weighted by Crippen LogP contribution is -2.27. The number of carbonyl (C=O) groups excluding carboxylic acids is 1. The van der Waals surface area contributed by atoms with Gasteiger partial charge in [-0.15, -0.1) is 0 Å². The highest BCUT2D eigenvalue weighted by atomic mass is 79.9. The van der Waals surface area contributed by atoms with Crippen molar-refractivity contribution in [3.05, 3.63) is 69.6 Å². The van der Waals surface area contributed by atoms with Crippen LogP contribution in [0.15, 0.2) is 47.1 Å². The summed E-state index contributed by atoms with van der Waals surface area (Å²) in [5, 5.41) is 7.41. The van der Waals surface area contributed by atoms with Crippen molar-refractivity contribution in [3.63, 3.8) is 0 Å². The van der Waals surface area contributed by atoms with E-state index in [-0.39, 0.29) is 11.9 Å². The number of carbonyl (C=O) groups is 1. The number of nitrogens with zero attached hydrogens (tertiary/aromatic N) is 3. The summed E-state index contributed by atoms with van der Waals surface area (Å²) in [6, 6.07) is 10.7. The van der Waals surface area contributed by atoms with Crippen LogP contribution in [0.1, 0.15) is 40.3 Å². The number of benzene rings is 1. The molecule has 2 heterocycles. The van der Waals surface area contributed by atoms with Crippen molar-refractivity contribution in [2.24, 2.45) is 7.05 Å². The molecule has 1 N–H and O–H groups in total. The Balaban J connectivity index is 1.68. The predicted octanol–water partition coefficient (Wildman–Crippen LogP) is 4.48. The quantitative estimate of drug-likeness (QED) is 0.650. The maximum atomic E-state index is 12.5. The van der Waals surface area contributed by atoms with Crippen LogP contribution in [0.5, 0.6) is 11.6 Å². The molecule has 7 heteroatoms. The van der Waals surface area contributed by atoms with Gasteiger partial charge < -0.3 is 10.1 Å². The molecule has 1 unspecified atom stereocenters. The first-order chi connectivity index (χ1) is 12.8. The van der Waals surface area contributed by atoms with Gasteiger partial charge in [0, 0.05) is 35.0 Å². The fourth-order valence-electron chi connectivity index (χ4n) is 3.00. The number of rotatable bonds is 5. The first-order valence-corrected chi connectivity index (χ1v) is 9.35. The van der Waals surface area contributed by atoms with E-state index < -0.39 is 0 Å². The maximum Gasteiger partial charge on any atom is 0.253 e. The minimum absolute atomic E-state index is 0.149. The number of hydrogen-bond acceptors (Lipinski definition) is 4. The molecule has 0 aliphatic heterocycles. The molecule has 1 amide bonds. The second-order valence-electron chi connectivity index (χ2n) is 6.35. The van der Waals surface area contributed by atoms with Gasteiger partial charge in [-0.25, -0.2) is 4.98 Å². The molecule has 2 aromatic heterocycles. The number of ether oxygens (including phenoxy) is 1. The Morgan fingerprint density at radius 2 is 2.04 bits per heavy atom. The zero-order valence-electron chi connectivity index (χ0n) is 15.7. The van der Waals surface area contributed by atoms with E-state index in [1.807, 2.05) is 56.8 Å². The molecule has 3 rings (SSSR count). The Labute approximate surface area is 166 Å². The van der Waals surface area contributed by atoms with Gasteiger partial charge in [0.1, 0.15) is 5.75 Å². The van der Waals surface area contributed by atoms with Gasteiger partial charge >= 0.3 is 0 Å². The highest BCUT2D eigenvalue weighted by Crippen LogP contribution is 2.24. The van der Waals surface area contributed by atoms with E-state index in [9.17, 15) is 4.79 Å². The van der Waals surface area contributed by atoms with Crippen molar-refractivity contribution >= 4 is 21.8 Å². The Morgan fingerprint density at radius 1 is 1.26 bits per heavy atom. The molecule has 1 atom stereocenters. The number of pyridine rings is 1. The standard InChI is InChI=1S/C20H21BrN4O2/c1-12(19-13(2)24-25(4)14(19)3)23-20(26)15-8-9-18(22-11-15)27-17-7-5-6-16(21)10-17/h5-12H,1-4H3,(H,23,26). The predicted molar refractivity (Wildman–Crippen MR) is 107 cm³/mol. The van der Waals surface area contributed by atoms with Crippen LogP contribution in [-0.2, 0) is 7.05 Å². The van der Waals surface area contributed by atoms with Gasteiger partial charge in [0.25, 0.3) is 5.91 Å². The minimum atomic E-state index is -0.188. The number of nitrogens with one attached hydrogen (secondary N) is 1. The number of aryl methyl sites for hydroxylation is 2. The molecule has 27 heavy (non-hydrogen) atoms. The van der Waals surface area contributed by atoms with E-state index in [4.69, 9.17) is 4.74 Å². The molecule has 6 nitrogen and oxygen atoms in total. The fraction of sp³-hybridized carbons (Fsp3) is 0.250. The Morgan fingerprint density at radius 3 is 2.63 bits per heavy atom. The molecule has 0 bridgehead atoms. The number of hydrogen-bond donors (Lipinski definition) is 1. The molecular weight excluding hydrogens is 408 g/mol. The van der Waals surface area contributed by atoms with Gasteiger partial charge in [-0.1, -0.05) is 22.0 Å². The van der Waals surface area contributed by atoms with Crippen molar-refractivity contribution in [2.45, 2.75) is 26.8 Å². The molecular formula is C20H21BrN4O2. The Kier molecular flexibility index (Phi) is 5.60. The molecule has 0 saturated carbocycles. The number of aromatic nitrogens is 3. The average Bonchev–Trinajstić information content (AvgIpc) is 2.87. The van der Waals surface area contributed by atoms with Crippen LogP contribution in [0.2, 0.25) is 0 Å². The smallest absolute Gasteiger partial charge is 0.253 e. The van der Waals surface area contributed by atoms with Gasteiger partial charge in [0.15, 0.2) is 0 Å². The molecule has 3 aromatic rings. The third-order valence-electron chi connectivity index (χ3n) is 4.36. The normalized spacial score (nSPS) is 11.9. The summed E-state index contributed by atoms with van der Waals surface area (Å²) >= 11 is 3.40. The van der Waals surface area contributed by atoms with E-state index in [1.165, 1.54) is 6.20 Å². The molecule has 1 aromatic carbocycles. The molecule has 0 aliphatic rings. The second kappa shape index (κ2) is 7.92. The zero-order chi connectivity index (χ0) is 19.6. The topological polar surface area (TPSA) is 69.0 Å². The lowest BCUT2D eigenvalue weighted by molar-refractivity contribution is 0.0939. The maximum absolute atomic E-state index is 12.5. The van der Waals surface area contributed by atoms with E-state index in [0.717, 1.165) is 21.4 Å². The second-order valence-corrected chi connectivity index (χ2v) is 7.26. The van der Waals surface area contributed by atoms with Crippen molar-refractivity contribution in [1.82, 2.24) is 20.1 Å². The van der Waals surface area contributed by atoms with Gasteiger partial charge in [-0.3, -0.25) is 9.48 Å². The Bertz CT molecular complexity index is 967. The highest BCUT2D eigenvalue weighted by molar-refractivity contribution is 9.10. The summed E-state index contributed by atoms with van der Waals surface area (Å²) in [5.74, 6) is 0.911. The summed E-state index contributed by atoms with van der Waals surface area (Å²) in [6.07, 6.45) is 1.51. The zero-order valence-corrected chi connectivity index (χ0v) is 17.2. The van der Waals surface area contributed by atoms with Gasteiger partial charge in [-0.2, -0.15) is 5.10 Å². The molecule has 0 aliphatic carbocycles. The van der Waals surface area contributed by atoms with E-state index in [2.05, 4.69) is 31.3 Å². The Hall–Kier alpha value is -2.67. The summed E-state index contributed by atoms with van der Waals surface area (Å²) in [5.41, 5.74) is 3.46. The van der Waals surface area contributed by atoms with Crippen molar-refractivity contribution in [1.29, 1.82) is 0 Å². The van der Waals surface area contributed by atoms with Gasteiger partial charge in [0.05, 0.1) is 17.3 Å². The van der Waals surface area contributed by atoms with Gasteiger partial charge in [-0.05, 0) is 45.0 Å². The van der Waals surface area contributed by atoms with Crippen molar-refractivity contribution in [3.8, 4) is 11.6 Å². The van der Waals surface area contributed by atoms with Gasteiger partial charge in [0.2, 0.25) is 5.88 Å². The third kappa shape index (κ3) is 4.36. The van der Waals surface area contributed by atoms with Crippen LogP contribution in [0, 0.1) is 13.8 Å². The number of amides is 1. The van der Waals surface area contributed by atoms with Crippen LogP contribution in [-0.4, -0.2) is 20.7 Å². The molecule has 0 fully saturated rings. The SMILES string of the molecule is Cc1nn(C)c(C)c1C(C)NC(=O)c1ccc(Oc2cccc(Br)c2)nc1. The number of halogens is 1. The molecule has 0 saturated heterocycles. The molecule has 140 valence electrons.